The number of likely N-dealkylation sites (tertiary alicyclic amines) is 1. The van der Waals surface area contributed by atoms with E-state index in [4.69, 9.17) is 17.2 Å². The van der Waals surface area contributed by atoms with Gasteiger partial charge in [-0.15, -0.1) is 0 Å². The number of amides is 2. The van der Waals surface area contributed by atoms with Crippen molar-refractivity contribution in [2.45, 2.75) is 64.1 Å². The van der Waals surface area contributed by atoms with Gasteiger partial charge in [0.25, 0.3) is 0 Å². The van der Waals surface area contributed by atoms with E-state index in [9.17, 15) is 19.5 Å². The van der Waals surface area contributed by atoms with Gasteiger partial charge in [0.1, 0.15) is 12.1 Å². The number of guanidine groups is 1. The molecule has 1 saturated heterocycles. The topological polar surface area (TPSA) is 177 Å². The van der Waals surface area contributed by atoms with Gasteiger partial charge in [-0.2, -0.15) is 0 Å². The summed E-state index contributed by atoms with van der Waals surface area (Å²) in [6, 6.07) is -2.44. The molecule has 1 heterocycles. The van der Waals surface area contributed by atoms with Crippen molar-refractivity contribution >= 4 is 23.7 Å². The number of aliphatic imine (C=N–C) groups is 1. The molecule has 1 aliphatic heterocycles. The summed E-state index contributed by atoms with van der Waals surface area (Å²) in [4.78, 5) is 41.9. The molecule has 0 spiro atoms. The SMILES string of the molecule is CCC(C)C(NC(=O)C(N)CCCN=C(N)N)C(=O)N1CCCC1C(=O)O. The normalized spacial score (nSPS) is 19.8. The van der Waals surface area contributed by atoms with E-state index in [1.807, 2.05) is 13.8 Å². The number of carboxylic acid groups (broad SMARTS) is 1. The Bertz CT molecular complexity index is 564. The summed E-state index contributed by atoms with van der Waals surface area (Å²) in [5.74, 6) is -1.99. The Labute approximate surface area is 159 Å². The average molecular weight is 384 g/mol. The second-order valence-electron chi connectivity index (χ2n) is 6.95. The van der Waals surface area contributed by atoms with Gasteiger partial charge < -0.3 is 32.5 Å². The highest BCUT2D eigenvalue weighted by molar-refractivity contribution is 5.92. The van der Waals surface area contributed by atoms with Crippen LogP contribution in [-0.4, -0.2) is 65.0 Å². The Morgan fingerprint density at radius 2 is 2.00 bits per heavy atom. The zero-order chi connectivity index (χ0) is 20.6. The Hall–Kier alpha value is -2.36. The van der Waals surface area contributed by atoms with E-state index in [0.29, 0.717) is 45.2 Å². The summed E-state index contributed by atoms with van der Waals surface area (Å²) >= 11 is 0. The first-order valence-corrected chi connectivity index (χ1v) is 9.33. The highest BCUT2D eigenvalue weighted by atomic mass is 16.4. The number of rotatable bonds is 10. The van der Waals surface area contributed by atoms with Crippen LogP contribution < -0.4 is 22.5 Å². The van der Waals surface area contributed by atoms with Crippen LogP contribution in [-0.2, 0) is 14.4 Å². The fourth-order valence-corrected chi connectivity index (χ4v) is 3.06. The minimum absolute atomic E-state index is 0.0194. The molecule has 1 fully saturated rings. The lowest BCUT2D eigenvalue weighted by atomic mass is 9.96. The lowest BCUT2D eigenvalue weighted by molar-refractivity contribution is -0.150. The van der Waals surface area contributed by atoms with Gasteiger partial charge in [0.2, 0.25) is 11.8 Å². The van der Waals surface area contributed by atoms with Crippen LogP contribution in [0, 0.1) is 5.92 Å². The molecule has 0 aromatic carbocycles. The molecule has 1 aliphatic rings. The van der Waals surface area contributed by atoms with Crippen molar-refractivity contribution in [2.24, 2.45) is 28.1 Å². The van der Waals surface area contributed by atoms with Gasteiger partial charge in [-0.3, -0.25) is 14.6 Å². The molecule has 4 unspecified atom stereocenters. The number of nitrogens with zero attached hydrogens (tertiary/aromatic N) is 2. The van der Waals surface area contributed by atoms with Crippen molar-refractivity contribution in [1.29, 1.82) is 0 Å². The minimum Gasteiger partial charge on any atom is -0.480 e. The molecule has 0 bridgehead atoms. The second-order valence-corrected chi connectivity index (χ2v) is 6.95. The van der Waals surface area contributed by atoms with Gasteiger partial charge in [-0.1, -0.05) is 20.3 Å². The fraction of sp³-hybridized carbons (Fsp3) is 0.765. The highest BCUT2D eigenvalue weighted by Crippen LogP contribution is 2.21. The molecule has 27 heavy (non-hydrogen) atoms. The number of nitrogens with one attached hydrogen (secondary N) is 1. The first kappa shape index (κ1) is 22.7. The van der Waals surface area contributed by atoms with Crippen molar-refractivity contribution in [3.05, 3.63) is 0 Å². The maximum absolute atomic E-state index is 12.9. The number of aliphatic carboxylic acids is 1. The van der Waals surface area contributed by atoms with Crippen LogP contribution in [0.15, 0.2) is 4.99 Å². The average Bonchev–Trinajstić information content (AvgIpc) is 3.11. The molecular weight excluding hydrogens is 352 g/mol. The lowest BCUT2D eigenvalue weighted by Crippen LogP contribution is -2.56. The standard InChI is InChI=1S/C17H32N6O4/c1-3-10(2)13(15(25)23-9-5-7-12(23)16(26)27)22-14(24)11(18)6-4-8-21-17(19)20/h10-13H,3-9,18H2,1-2H3,(H,22,24)(H,26,27)(H4,19,20,21). The summed E-state index contributed by atoms with van der Waals surface area (Å²) in [7, 11) is 0. The van der Waals surface area contributed by atoms with Crippen LogP contribution in [0.4, 0.5) is 0 Å². The van der Waals surface area contributed by atoms with Gasteiger partial charge in [0.05, 0.1) is 6.04 Å². The van der Waals surface area contributed by atoms with Crippen LogP contribution in [0.3, 0.4) is 0 Å². The Morgan fingerprint density at radius 3 is 2.56 bits per heavy atom. The van der Waals surface area contributed by atoms with Gasteiger partial charge in [0, 0.05) is 13.1 Å². The van der Waals surface area contributed by atoms with Gasteiger partial charge in [0.15, 0.2) is 5.96 Å². The number of carbonyl (C=O) groups excluding carboxylic acids is 2. The molecular formula is C17H32N6O4. The number of carbonyl (C=O) groups is 3. The maximum Gasteiger partial charge on any atom is 0.326 e. The van der Waals surface area contributed by atoms with Gasteiger partial charge >= 0.3 is 5.97 Å². The third-order valence-electron chi connectivity index (χ3n) is 4.90. The second kappa shape index (κ2) is 10.7. The van der Waals surface area contributed by atoms with Gasteiger partial charge in [-0.25, -0.2) is 4.79 Å². The van der Waals surface area contributed by atoms with E-state index in [2.05, 4.69) is 10.3 Å². The molecule has 10 nitrogen and oxygen atoms in total. The van der Waals surface area contributed by atoms with Crippen molar-refractivity contribution < 1.29 is 19.5 Å². The minimum atomic E-state index is -1.02. The Balaban J connectivity index is 2.73. The quantitative estimate of drug-likeness (QED) is 0.182. The van der Waals surface area contributed by atoms with Crippen LogP contribution in [0.25, 0.3) is 0 Å². The van der Waals surface area contributed by atoms with Gasteiger partial charge in [-0.05, 0) is 31.6 Å². The molecule has 0 aromatic rings. The fourth-order valence-electron chi connectivity index (χ4n) is 3.06. The van der Waals surface area contributed by atoms with Crippen molar-refractivity contribution in [3.63, 3.8) is 0 Å². The third kappa shape index (κ3) is 6.70. The molecule has 0 aromatic heterocycles. The van der Waals surface area contributed by atoms with Crippen LogP contribution in [0.2, 0.25) is 0 Å². The van der Waals surface area contributed by atoms with E-state index >= 15 is 0 Å². The summed E-state index contributed by atoms with van der Waals surface area (Å²) in [5, 5.41) is 12.0. The van der Waals surface area contributed by atoms with Crippen molar-refractivity contribution in [2.75, 3.05) is 13.1 Å². The van der Waals surface area contributed by atoms with E-state index in [-0.39, 0.29) is 17.8 Å². The zero-order valence-corrected chi connectivity index (χ0v) is 16.1. The summed E-state index contributed by atoms with van der Waals surface area (Å²) in [5.41, 5.74) is 16.4. The van der Waals surface area contributed by atoms with Crippen LogP contribution in [0.1, 0.15) is 46.0 Å². The number of carboxylic acids is 1. The zero-order valence-electron chi connectivity index (χ0n) is 16.1. The highest BCUT2D eigenvalue weighted by Gasteiger charge is 2.39. The molecule has 8 N–H and O–H groups in total. The lowest BCUT2D eigenvalue weighted by Gasteiger charge is -2.31. The first-order chi connectivity index (χ1) is 12.7. The van der Waals surface area contributed by atoms with Crippen molar-refractivity contribution in [1.82, 2.24) is 10.2 Å². The molecule has 154 valence electrons. The predicted molar refractivity (Wildman–Crippen MR) is 102 cm³/mol. The molecule has 0 aliphatic carbocycles. The van der Waals surface area contributed by atoms with Crippen LogP contribution in [0.5, 0.6) is 0 Å². The molecule has 4 atom stereocenters. The number of nitrogens with two attached hydrogens (primary N) is 3. The van der Waals surface area contributed by atoms with Crippen LogP contribution >= 0.6 is 0 Å². The maximum atomic E-state index is 12.9. The summed E-state index contributed by atoms with van der Waals surface area (Å²) in [6.07, 6.45) is 2.61. The molecule has 10 heteroatoms. The molecule has 1 rings (SSSR count). The Morgan fingerprint density at radius 1 is 1.33 bits per heavy atom. The molecule has 2 amide bonds. The molecule has 0 radical (unpaired) electrons. The number of hydrogen-bond acceptors (Lipinski definition) is 5. The first-order valence-electron chi connectivity index (χ1n) is 9.33. The predicted octanol–water partition coefficient (Wildman–Crippen LogP) is -1.03. The monoisotopic (exact) mass is 384 g/mol. The van der Waals surface area contributed by atoms with E-state index in [1.165, 1.54) is 4.90 Å². The third-order valence-corrected chi connectivity index (χ3v) is 4.90. The largest absolute Gasteiger partial charge is 0.480 e. The van der Waals surface area contributed by atoms with Crippen molar-refractivity contribution in [3.8, 4) is 0 Å². The Kier molecular flexibility index (Phi) is 8.99. The summed E-state index contributed by atoms with van der Waals surface area (Å²) < 4.78 is 0. The van der Waals surface area contributed by atoms with E-state index in [1.54, 1.807) is 0 Å². The van der Waals surface area contributed by atoms with E-state index < -0.39 is 30.0 Å². The smallest absolute Gasteiger partial charge is 0.326 e. The summed E-state index contributed by atoms with van der Waals surface area (Å²) in [6.45, 7) is 4.50. The van der Waals surface area contributed by atoms with E-state index in [0.717, 1.165) is 0 Å². The number of hydrogen-bond donors (Lipinski definition) is 5. The molecule has 0 saturated carbocycles.